The number of carboxylic acid groups (broad SMARTS) is 1. The lowest BCUT2D eigenvalue weighted by Crippen LogP contribution is -2.13. The first-order valence-corrected chi connectivity index (χ1v) is 9.68. The number of nitrogens with one attached hydrogen (secondary N) is 2. The monoisotopic (exact) mass is 448 g/mol. The van der Waals surface area contributed by atoms with E-state index in [0.717, 1.165) is 0 Å². The van der Waals surface area contributed by atoms with Crippen LogP contribution in [0.15, 0.2) is 12.1 Å². The molecule has 1 heterocycles. The number of benzene rings is 1. The molecule has 0 saturated heterocycles. The topological polar surface area (TPSA) is 177 Å². The number of halogens is 1. The van der Waals surface area contributed by atoms with Crippen molar-refractivity contribution < 1.29 is 37.8 Å². The molecule has 12 heteroatoms. The predicted molar refractivity (Wildman–Crippen MR) is 103 cm³/mol. The summed E-state index contributed by atoms with van der Waals surface area (Å²) in [5, 5.41) is 41.3. The summed E-state index contributed by atoms with van der Waals surface area (Å²) in [5.74, 6) is -1.19. The Kier molecular flexibility index (Phi) is 9.95. The van der Waals surface area contributed by atoms with E-state index < -0.39 is 16.6 Å². The first-order chi connectivity index (χ1) is 13.7. The minimum absolute atomic E-state index is 0.0377. The van der Waals surface area contributed by atoms with Gasteiger partial charge in [0.25, 0.3) is 0 Å². The van der Waals surface area contributed by atoms with E-state index >= 15 is 0 Å². The average molecular weight is 449 g/mol. The fraction of sp³-hybridized carbons (Fsp3) is 0.353. The summed E-state index contributed by atoms with van der Waals surface area (Å²) in [6.07, 6.45) is 0. The van der Waals surface area contributed by atoms with Crippen LogP contribution in [-0.2, 0) is 37.0 Å². The normalized spacial score (nSPS) is 10.4. The summed E-state index contributed by atoms with van der Waals surface area (Å²) in [6, 6.07) is 3.28. The summed E-state index contributed by atoms with van der Waals surface area (Å²) in [5.41, 5.74) is 2.72. The van der Waals surface area contributed by atoms with Gasteiger partial charge in [-0.05, 0) is 28.8 Å². The van der Waals surface area contributed by atoms with Crippen molar-refractivity contribution in [3.63, 3.8) is 0 Å². The average Bonchev–Trinajstić information content (AvgIpc) is 3.00. The molecule has 0 aliphatic rings. The van der Waals surface area contributed by atoms with E-state index in [9.17, 15) is 25.2 Å². The third-order valence-electron chi connectivity index (χ3n) is 4.07. The van der Waals surface area contributed by atoms with Gasteiger partial charge >= 0.3 is 16.6 Å². The van der Waals surface area contributed by atoms with Crippen LogP contribution in [0, 0.1) is 0 Å². The van der Waals surface area contributed by atoms with E-state index in [4.69, 9.17) is 24.2 Å². The molecule has 10 nitrogen and oxygen atoms in total. The zero-order chi connectivity index (χ0) is 22.1. The Balaban J connectivity index is 0.000000960. The molecule has 0 aliphatic heterocycles. The molecule has 160 valence electrons. The van der Waals surface area contributed by atoms with Gasteiger partial charge in [-0.1, -0.05) is 30.7 Å². The first-order valence-electron chi connectivity index (χ1n) is 8.30. The van der Waals surface area contributed by atoms with Crippen molar-refractivity contribution in [2.24, 2.45) is 0 Å². The van der Waals surface area contributed by atoms with Gasteiger partial charge in [-0.2, -0.15) is 0 Å². The van der Waals surface area contributed by atoms with Gasteiger partial charge in [-0.3, -0.25) is 0 Å². The molecule has 0 aliphatic carbocycles. The molecule has 0 saturated carbocycles. The van der Waals surface area contributed by atoms with Crippen LogP contribution < -0.4 is 5.32 Å². The molecule has 0 atom stereocenters. The van der Waals surface area contributed by atoms with Crippen molar-refractivity contribution in [3.8, 4) is 11.1 Å². The zero-order valence-corrected chi connectivity index (χ0v) is 17.0. The van der Waals surface area contributed by atoms with Gasteiger partial charge in [0.1, 0.15) is 5.69 Å². The Hall–Kier alpha value is -2.28. The third kappa shape index (κ3) is 6.10. The van der Waals surface area contributed by atoms with Gasteiger partial charge < -0.3 is 30.7 Å². The largest absolute Gasteiger partial charge is 0.477 e. The maximum absolute atomic E-state index is 11.4. The quantitative estimate of drug-likeness (QED) is 0.337. The lowest BCUT2D eigenvalue weighted by Gasteiger charge is -2.16. The van der Waals surface area contributed by atoms with E-state index in [1.165, 1.54) is 0 Å². The SMILES string of the molecule is CCNCc1[nH]c(C(=O)O)c(Cl)c1-c1ccc(CO)c(CO)c1CO.O=S(=O)=O. The molecule has 0 bridgehead atoms. The number of aromatic amines is 1. The molecular weight excluding hydrogens is 428 g/mol. The Morgan fingerprint density at radius 1 is 1.10 bits per heavy atom. The van der Waals surface area contributed by atoms with E-state index in [-0.39, 0.29) is 30.5 Å². The number of carboxylic acids is 1. The van der Waals surface area contributed by atoms with E-state index in [0.29, 0.717) is 46.6 Å². The highest BCUT2D eigenvalue weighted by molar-refractivity contribution is 7.59. The van der Waals surface area contributed by atoms with Gasteiger partial charge in [-0.25, -0.2) is 4.79 Å². The highest BCUT2D eigenvalue weighted by atomic mass is 35.5. The number of aromatic carboxylic acids is 1. The molecule has 2 rings (SSSR count). The van der Waals surface area contributed by atoms with Crippen molar-refractivity contribution in [1.29, 1.82) is 0 Å². The molecule has 6 N–H and O–H groups in total. The standard InChI is InChI=1S/C17H21ClN2O5.O3S/c1-2-19-5-13-14(15(18)16(20-13)17(24)25)10-4-3-9(6-21)11(7-22)12(10)8-23;1-4(2)3/h3-4,19-23H,2,5-8H2,1H3,(H,24,25);. The molecule has 0 unspecified atom stereocenters. The van der Waals surface area contributed by atoms with Crippen LogP contribution in [0.1, 0.15) is 39.8 Å². The highest BCUT2D eigenvalue weighted by Gasteiger charge is 2.24. The molecule has 0 spiro atoms. The third-order valence-corrected chi connectivity index (χ3v) is 4.44. The molecule has 1 aromatic carbocycles. The van der Waals surface area contributed by atoms with Crippen molar-refractivity contribution in [3.05, 3.63) is 45.2 Å². The van der Waals surface area contributed by atoms with Gasteiger partial charge in [0.05, 0.1) is 24.8 Å². The lowest BCUT2D eigenvalue weighted by atomic mass is 9.92. The maximum atomic E-state index is 11.4. The van der Waals surface area contributed by atoms with Crippen LogP contribution in [0.2, 0.25) is 5.02 Å². The molecule has 29 heavy (non-hydrogen) atoms. The summed E-state index contributed by atoms with van der Waals surface area (Å²) in [6.45, 7) is 1.92. The first kappa shape index (κ1) is 24.8. The predicted octanol–water partition coefficient (Wildman–Crippen LogP) is 0.616. The number of rotatable bonds is 8. The number of carbonyl (C=O) groups is 1. The number of hydrogen-bond acceptors (Lipinski definition) is 8. The summed E-state index contributed by atoms with van der Waals surface area (Å²) >= 11 is 6.30. The second-order valence-corrected chi connectivity index (χ2v) is 6.45. The fourth-order valence-electron chi connectivity index (χ4n) is 2.84. The van der Waals surface area contributed by atoms with Gasteiger partial charge in [0, 0.05) is 17.8 Å². The molecule has 0 amide bonds. The molecule has 0 fully saturated rings. The highest BCUT2D eigenvalue weighted by Crippen LogP contribution is 2.38. The minimum Gasteiger partial charge on any atom is -0.477 e. The maximum Gasteiger partial charge on any atom is 0.425 e. The molecule has 0 radical (unpaired) electrons. The second kappa shape index (κ2) is 11.7. The van der Waals surface area contributed by atoms with Crippen molar-refractivity contribution in [1.82, 2.24) is 10.3 Å². The molecule has 1 aromatic heterocycles. The van der Waals surface area contributed by atoms with E-state index in [2.05, 4.69) is 10.3 Å². The number of H-pyrrole nitrogens is 1. The number of aliphatic hydroxyl groups excluding tert-OH is 3. The molecule has 2 aromatic rings. The van der Waals surface area contributed by atoms with Crippen LogP contribution in [-0.4, -0.2) is 50.6 Å². The van der Waals surface area contributed by atoms with Crippen molar-refractivity contribution in [2.45, 2.75) is 33.3 Å². The summed E-state index contributed by atoms with van der Waals surface area (Å²) in [4.78, 5) is 14.2. The van der Waals surface area contributed by atoms with Gasteiger partial charge in [-0.15, -0.1) is 12.6 Å². The lowest BCUT2D eigenvalue weighted by molar-refractivity contribution is 0.0691. The van der Waals surface area contributed by atoms with E-state index in [1.807, 2.05) is 6.92 Å². The van der Waals surface area contributed by atoms with Crippen LogP contribution in [0.4, 0.5) is 0 Å². The summed E-state index contributed by atoms with van der Waals surface area (Å²) in [7, 11) is -3.11. The smallest absolute Gasteiger partial charge is 0.425 e. The Morgan fingerprint density at radius 2 is 1.69 bits per heavy atom. The second-order valence-electron chi connectivity index (χ2n) is 5.66. The number of hydrogen-bond donors (Lipinski definition) is 6. The van der Waals surface area contributed by atoms with Gasteiger partial charge in [0.2, 0.25) is 0 Å². The van der Waals surface area contributed by atoms with Gasteiger partial charge in [0.15, 0.2) is 0 Å². The summed E-state index contributed by atoms with van der Waals surface area (Å²) < 4.78 is 25.3. The fourth-order valence-corrected chi connectivity index (χ4v) is 3.18. The Labute approximate surface area is 172 Å². The van der Waals surface area contributed by atoms with E-state index in [1.54, 1.807) is 12.1 Å². The number of aromatic nitrogens is 1. The Bertz CT molecular complexity index is 966. The van der Waals surface area contributed by atoms with Crippen molar-refractivity contribution in [2.75, 3.05) is 6.54 Å². The van der Waals surface area contributed by atoms with Crippen LogP contribution in [0.25, 0.3) is 11.1 Å². The Morgan fingerprint density at radius 3 is 2.14 bits per heavy atom. The van der Waals surface area contributed by atoms with Crippen LogP contribution in [0.5, 0.6) is 0 Å². The van der Waals surface area contributed by atoms with Crippen LogP contribution in [0.3, 0.4) is 0 Å². The van der Waals surface area contributed by atoms with Crippen molar-refractivity contribution >= 4 is 28.2 Å². The number of aliphatic hydroxyl groups is 3. The zero-order valence-electron chi connectivity index (χ0n) is 15.4. The molecular formula is C17H21ClN2O8S. The van der Waals surface area contributed by atoms with Crippen LogP contribution >= 0.6 is 11.6 Å². The minimum atomic E-state index is -3.11.